The van der Waals surface area contributed by atoms with Gasteiger partial charge in [0.25, 0.3) is 5.91 Å². The van der Waals surface area contributed by atoms with Crippen LogP contribution >= 0.6 is 0 Å². The summed E-state index contributed by atoms with van der Waals surface area (Å²) in [5.41, 5.74) is 2.25. The van der Waals surface area contributed by atoms with Crippen molar-refractivity contribution < 1.29 is 18.3 Å². The fourth-order valence-electron chi connectivity index (χ4n) is 2.70. The predicted molar refractivity (Wildman–Crippen MR) is 90.1 cm³/mol. The fourth-order valence-corrected chi connectivity index (χ4v) is 2.70. The van der Waals surface area contributed by atoms with Crippen LogP contribution in [0.25, 0.3) is 0 Å². The number of rotatable bonds is 5. The van der Waals surface area contributed by atoms with Crippen LogP contribution in [0, 0.1) is 11.6 Å². The number of carbonyl (C=O) groups is 1. The normalized spacial score (nSPS) is 15.1. The summed E-state index contributed by atoms with van der Waals surface area (Å²) in [6, 6.07) is 11.1. The molecule has 1 amide bonds. The largest absolute Gasteiger partial charge is 0.379 e. The summed E-state index contributed by atoms with van der Waals surface area (Å²) >= 11 is 0. The van der Waals surface area contributed by atoms with Gasteiger partial charge in [0.2, 0.25) is 0 Å². The zero-order chi connectivity index (χ0) is 17.6. The van der Waals surface area contributed by atoms with Gasteiger partial charge in [-0.1, -0.05) is 24.3 Å². The summed E-state index contributed by atoms with van der Waals surface area (Å²) < 4.78 is 31.4. The second-order valence-corrected chi connectivity index (χ2v) is 6.02. The van der Waals surface area contributed by atoms with Crippen molar-refractivity contribution in [1.82, 2.24) is 10.2 Å². The van der Waals surface area contributed by atoms with Gasteiger partial charge in [-0.05, 0) is 29.3 Å². The molecule has 4 nitrogen and oxygen atoms in total. The van der Waals surface area contributed by atoms with E-state index in [1.165, 1.54) is 11.6 Å². The van der Waals surface area contributed by atoms with Gasteiger partial charge in [0, 0.05) is 31.7 Å². The van der Waals surface area contributed by atoms with Crippen LogP contribution in [-0.4, -0.2) is 37.1 Å². The molecule has 1 fully saturated rings. The van der Waals surface area contributed by atoms with Crippen molar-refractivity contribution in [3.63, 3.8) is 0 Å². The third-order valence-electron chi connectivity index (χ3n) is 4.17. The van der Waals surface area contributed by atoms with E-state index in [2.05, 4.69) is 10.2 Å². The van der Waals surface area contributed by atoms with Gasteiger partial charge < -0.3 is 10.1 Å². The fraction of sp³-hybridized carbons (Fsp3) is 0.316. The highest BCUT2D eigenvalue weighted by atomic mass is 19.2. The van der Waals surface area contributed by atoms with Crippen molar-refractivity contribution in [1.29, 1.82) is 0 Å². The Balaban J connectivity index is 1.52. The smallest absolute Gasteiger partial charge is 0.251 e. The molecule has 0 aliphatic carbocycles. The van der Waals surface area contributed by atoms with Crippen molar-refractivity contribution in [2.75, 3.05) is 26.3 Å². The van der Waals surface area contributed by atoms with E-state index in [4.69, 9.17) is 4.74 Å². The predicted octanol–water partition coefficient (Wildman–Crippen LogP) is 2.73. The molecule has 1 heterocycles. The standard InChI is InChI=1S/C19H20F2N2O2/c20-17-6-5-16(11-18(17)21)19(24)22-12-14-1-3-15(4-2-14)13-23-7-9-25-10-8-23/h1-6,11H,7-10,12-13H2,(H,22,24). The van der Waals surface area contributed by atoms with E-state index in [9.17, 15) is 13.6 Å². The average molecular weight is 346 g/mol. The van der Waals surface area contributed by atoms with E-state index in [1.807, 2.05) is 24.3 Å². The van der Waals surface area contributed by atoms with Crippen LogP contribution in [-0.2, 0) is 17.8 Å². The molecule has 0 aromatic heterocycles. The van der Waals surface area contributed by atoms with E-state index in [-0.39, 0.29) is 5.56 Å². The molecule has 0 atom stereocenters. The molecule has 2 aromatic carbocycles. The lowest BCUT2D eigenvalue weighted by atomic mass is 10.1. The zero-order valence-corrected chi connectivity index (χ0v) is 13.8. The van der Waals surface area contributed by atoms with Crippen LogP contribution in [0.4, 0.5) is 8.78 Å². The quantitative estimate of drug-likeness (QED) is 0.905. The summed E-state index contributed by atoms with van der Waals surface area (Å²) in [5.74, 6) is -2.43. The maximum Gasteiger partial charge on any atom is 0.251 e. The van der Waals surface area contributed by atoms with Crippen molar-refractivity contribution in [2.24, 2.45) is 0 Å². The molecular formula is C19H20F2N2O2. The molecule has 0 bridgehead atoms. The third-order valence-corrected chi connectivity index (χ3v) is 4.17. The summed E-state index contributed by atoms with van der Waals surface area (Å²) in [7, 11) is 0. The minimum absolute atomic E-state index is 0.0998. The second kappa shape index (κ2) is 8.18. The van der Waals surface area contributed by atoms with E-state index >= 15 is 0 Å². The lowest BCUT2D eigenvalue weighted by Crippen LogP contribution is -2.35. The molecule has 0 unspecified atom stereocenters. The molecule has 1 N–H and O–H groups in total. The zero-order valence-electron chi connectivity index (χ0n) is 13.8. The van der Waals surface area contributed by atoms with Crippen LogP contribution in [0.1, 0.15) is 21.5 Å². The van der Waals surface area contributed by atoms with Crippen molar-refractivity contribution in [2.45, 2.75) is 13.1 Å². The molecule has 3 rings (SSSR count). The molecule has 1 saturated heterocycles. The van der Waals surface area contributed by atoms with Gasteiger partial charge in [-0.25, -0.2) is 8.78 Å². The lowest BCUT2D eigenvalue weighted by Gasteiger charge is -2.26. The Morgan fingerprint density at radius 3 is 2.36 bits per heavy atom. The van der Waals surface area contributed by atoms with Gasteiger partial charge in [0.1, 0.15) is 0 Å². The van der Waals surface area contributed by atoms with Crippen LogP contribution in [0.3, 0.4) is 0 Å². The average Bonchev–Trinajstić information content (AvgIpc) is 2.64. The number of nitrogens with zero attached hydrogens (tertiary/aromatic N) is 1. The number of ether oxygens (including phenoxy) is 1. The minimum Gasteiger partial charge on any atom is -0.379 e. The SMILES string of the molecule is O=C(NCc1ccc(CN2CCOCC2)cc1)c1ccc(F)c(F)c1. The van der Waals surface area contributed by atoms with Crippen LogP contribution in [0.15, 0.2) is 42.5 Å². The highest BCUT2D eigenvalue weighted by Crippen LogP contribution is 2.11. The summed E-state index contributed by atoms with van der Waals surface area (Å²) in [6.45, 7) is 4.63. The first kappa shape index (κ1) is 17.5. The van der Waals surface area contributed by atoms with Crippen molar-refractivity contribution >= 4 is 5.91 Å². The third kappa shape index (κ3) is 4.84. The summed E-state index contributed by atoms with van der Waals surface area (Å²) in [4.78, 5) is 14.3. The van der Waals surface area contributed by atoms with Gasteiger partial charge in [-0.2, -0.15) is 0 Å². The Bertz CT molecular complexity index is 729. The first-order valence-corrected chi connectivity index (χ1v) is 8.23. The van der Waals surface area contributed by atoms with E-state index < -0.39 is 17.5 Å². The van der Waals surface area contributed by atoms with Gasteiger partial charge in [-0.15, -0.1) is 0 Å². The Kier molecular flexibility index (Phi) is 5.73. The number of amides is 1. The minimum atomic E-state index is -1.03. The Hall–Kier alpha value is -2.31. The Morgan fingerprint density at radius 2 is 1.68 bits per heavy atom. The van der Waals surface area contributed by atoms with Gasteiger partial charge in [-0.3, -0.25) is 9.69 Å². The highest BCUT2D eigenvalue weighted by molar-refractivity contribution is 5.94. The van der Waals surface area contributed by atoms with Crippen molar-refractivity contribution in [3.05, 3.63) is 70.8 Å². The molecule has 2 aromatic rings. The van der Waals surface area contributed by atoms with Gasteiger partial charge in [0.05, 0.1) is 13.2 Å². The van der Waals surface area contributed by atoms with E-state index in [0.29, 0.717) is 6.54 Å². The summed E-state index contributed by atoms with van der Waals surface area (Å²) in [5, 5.41) is 2.71. The monoisotopic (exact) mass is 346 g/mol. The first-order chi connectivity index (χ1) is 12.1. The summed E-state index contributed by atoms with van der Waals surface area (Å²) in [6.07, 6.45) is 0. The Labute approximate surface area is 145 Å². The van der Waals surface area contributed by atoms with Crippen LogP contribution in [0.5, 0.6) is 0 Å². The Morgan fingerprint density at radius 1 is 1.00 bits per heavy atom. The molecule has 0 spiro atoms. The molecule has 0 saturated carbocycles. The number of benzene rings is 2. The lowest BCUT2D eigenvalue weighted by molar-refractivity contribution is 0.0342. The number of halogens is 2. The van der Waals surface area contributed by atoms with E-state index in [0.717, 1.165) is 50.5 Å². The molecule has 1 aliphatic rings. The van der Waals surface area contributed by atoms with E-state index in [1.54, 1.807) is 0 Å². The maximum absolute atomic E-state index is 13.2. The molecule has 132 valence electrons. The van der Waals surface area contributed by atoms with Gasteiger partial charge in [0.15, 0.2) is 11.6 Å². The van der Waals surface area contributed by atoms with Crippen LogP contribution < -0.4 is 5.32 Å². The molecule has 1 aliphatic heterocycles. The second-order valence-electron chi connectivity index (χ2n) is 6.02. The number of morpholine rings is 1. The highest BCUT2D eigenvalue weighted by Gasteiger charge is 2.11. The number of hydrogen-bond donors (Lipinski definition) is 1. The number of hydrogen-bond acceptors (Lipinski definition) is 3. The molecule has 25 heavy (non-hydrogen) atoms. The molecule has 0 radical (unpaired) electrons. The number of carbonyl (C=O) groups excluding carboxylic acids is 1. The van der Waals surface area contributed by atoms with Crippen molar-refractivity contribution in [3.8, 4) is 0 Å². The topological polar surface area (TPSA) is 41.6 Å². The first-order valence-electron chi connectivity index (χ1n) is 8.23. The number of nitrogens with one attached hydrogen (secondary N) is 1. The molecule has 6 heteroatoms. The van der Waals surface area contributed by atoms with Gasteiger partial charge >= 0.3 is 0 Å². The maximum atomic E-state index is 13.2. The van der Waals surface area contributed by atoms with Crippen LogP contribution in [0.2, 0.25) is 0 Å². The molecular weight excluding hydrogens is 326 g/mol.